The molecule has 22 heavy (non-hydrogen) atoms. The monoisotopic (exact) mass is 335 g/mol. The van der Waals surface area contributed by atoms with Gasteiger partial charge < -0.3 is 9.53 Å². The summed E-state index contributed by atoms with van der Waals surface area (Å²) in [5.74, 6) is 0.830. The first kappa shape index (κ1) is 17.2. The molecule has 0 fully saturated rings. The van der Waals surface area contributed by atoms with Gasteiger partial charge in [0.15, 0.2) is 0 Å². The van der Waals surface area contributed by atoms with Crippen molar-refractivity contribution in [1.29, 1.82) is 0 Å². The average molecular weight is 336 g/mol. The molecular weight excluding hydrogens is 310 g/mol. The van der Waals surface area contributed by atoms with Crippen LogP contribution >= 0.6 is 11.3 Å². The highest BCUT2D eigenvalue weighted by atomic mass is 32.1. The molecule has 0 aliphatic carbocycles. The van der Waals surface area contributed by atoms with E-state index in [1.807, 2.05) is 17.5 Å². The Balaban J connectivity index is 2.65. The van der Waals surface area contributed by atoms with Crippen LogP contribution in [0.1, 0.15) is 43.8 Å². The maximum atomic E-state index is 11.1. The van der Waals surface area contributed by atoms with Gasteiger partial charge in [0, 0.05) is 17.1 Å². The minimum atomic E-state index is -1.30. The lowest BCUT2D eigenvalue weighted by Gasteiger charge is -2.31. The summed E-state index contributed by atoms with van der Waals surface area (Å²) in [5.41, 5.74) is 0.737. The van der Waals surface area contributed by atoms with Gasteiger partial charge in [-0.1, -0.05) is 39.0 Å². The van der Waals surface area contributed by atoms with Crippen molar-refractivity contribution in [2.75, 3.05) is 0 Å². The fraction of sp³-hybridized carbons (Fsp3) is 0.471. The van der Waals surface area contributed by atoms with Crippen molar-refractivity contribution in [3.05, 3.63) is 45.9 Å². The second-order valence-electron chi connectivity index (χ2n) is 7.01. The fourth-order valence-electron chi connectivity index (χ4n) is 2.45. The van der Waals surface area contributed by atoms with E-state index >= 15 is 0 Å². The highest BCUT2D eigenvalue weighted by Gasteiger charge is 2.34. The molecular formula is C17H25NO2SSi. The fourth-order valence-corrected chi connectivity index (χ4v) is 3.89. The van der Waals surface area contributed by atoms with Crippen molar-refractivity contribution >= 4 is 20.4 Å². The number of rotatable bonds is 4. The largest absolute Gasteiger partial charge is 0.547 e. The first-order valence-corrected chi connectivity index (χ1v) is 11.2. The molecule has 0 bridgehead atoms. The first-order valence-electron chi connectivity index (χ1n) is 7.57. The van der Waals surface area contributed by atoms with Gasteiger partial charge in [0.05, 0.1) is 0 Å². The van der Waals surface area contributed by atoms with E-state index in [9.17, 15) is 5.11 Å². The van der Waals surface area contributed by atoms with Crippen LogP contribution in [0.25, 0.3) is 0 Å². The molecule has 0 radical (unpaired) electrons. The van der Waals surface area contributed by atoms with Crippen molar-refractivity contribution in [3.8, 4) is 5.75 Å². The van der Waals surface area contributed by atoms with Crippen molar-refractivity contribution in [2.24, 2.45) is 0 Å². The zero-order valence-electron chi connectivity index (χ0n) is 14.2. The summed E-state index contributed by atoms with van der Waals surface area (Å²) in [6, 6.07) is 6.03. The second kappa shape index (κ2) is 6.14. The SMILES string of the molecule is C[SiH](C)Oc1c(C(C)(C)C)cccc1C(C)(O)c1nccs1. The van der Waals surface area contributed by atoms with E-state index in [2.05, 4.69) is 44.9 Å². The molecule has 2 rings (SSSR count). The standard InChI is InChI=1S/C17H25NO2SSi/c1-16(2,3)12-8-7-9-13(14(12)20-22(5)6)17(4,19)15-18-10-11-21-15/h7-11,19,22H,1-6H3. The quantitative estimate of drug-likeness (QED) is 0.857. The molecule has 1 heterocycles. The Morgan fingerprint density at radius 1 is 1.14 bits per heavy atom. The summed E-state index contributed by atoms with van der Waals surface area (Å²) in [6.45, 7) is 12.6. The van der Waals surface area contributed by atoms with E-state index in [0.29, 0.717) is 5.01 Å². The third kappa shape index (κ3) is 3.42. The summed E-state index contributed by atoms with van der Waals surface area (Å²) >= 11 is 1.46. The molecule has 1 aromatic carbocycles. The smallest absolute Gasteiger partial charge is 0.229 e. The van der Waals surface area contributed by atoms with Crippen LogP contribution in [0.4, 0.5) is 0 Å². The molecule has 1 aromatic heterocycles. The molecule has 0 saturated heterocycles. The van der Waals surface area contributed by atoms with Crippen LogP contribution in [0.5, 0.6) is 5.75 Å². The summed E-state index contributed by atoms with van der Waals surface area (Å²) in [7, 11) is -1.30. The predicted octanol–water partition coefficient (Wildman–Crippen LogP) is 4.06. The minimum Gasteiger partial charge on any atom is -0.547 e. The van der Waals surface area contributed by atoms with E-state index in [-0.39, 0.29) is 5.41 Å². The van der Waals surface area contributed by atoms with Crippen LogP contribution in [0, 0.1) is 0 Å². The molecule has 0 aliphatic heterocycles. The topological polar surface area (TPSA) is 42.4 Å². The van der Waals surface area contributed by atoms with Crippen LogP contribution in [-0.2, 0) is 11.0 Å². The molecule has 5 heteroatoms. The maximum absolute atomic E-state index is 11.1. The van der Waals surface area contributed by atoms with Gasteiger partial charge in [0.2, 0.25) is 9.04 Å². The minimum absolute atomic E-state index is 0.0480. The predicted molar refractivity (Wildman–Crippen MR) is 95.4 cm³/mol. The van der Waals surface area contributed by atoms with E-state index in [0.717, 1.165) is 16.9 Å². The number of hydrogen-bond donors (Lipinski definition) is 1. The van der Waals surface area contributed by atoms with Gasteiger partial charge in [0.25, 0.3) is 0 Å². The van der Waals surface area contributed by atoms with E-state index in [1.54, 1.807) is 13.1 Å². The van der Waals surface area contributed by atoms with Crippen molar-refractivity contribution in [2.45, 2.75) is 51.8 Å². The van der Waals surface area contributed by atoms with E-state index in [4.69, 9.17) is 4.43 Å². The highest BCUT2D eigenvalue weighted by Crippen LogP contribution is 2.42. The third-order valence-corrected chi connectivity index (χ3v) is 5.24. The van der Waals surface area contributed by atoms with Crippen LogP contribution in [0.3, 0.4) is 0 Å². The molecule has 0 aliphatic rings. The van der Waals surface area contributed by atoms with Gasteiger partial charge in [-0.15, -0.1) is 11.3 Å². The van der Waals surface area contributed by atoms with Crippen LogP contribution in [0.15, 0.2) is 29.8 Å². The van der Waals surface area contributed by atoms with Crippen molar-refractivity contribution in [3.63, 3.8) is 0 Å². The third-order valence-electron chi connectivity index (χ3n) is 3.55. The first-order chi connectivity index (χ1) is 10.1. The summed E-state index contributed by atoms with van der Waals surface area (Å²) in [5, 5.41) is 13.7. The molecule has 120 valence electrons. The number of aromatic nitrogens is 1. The van der Waals surface area contributed by atoms with Crippen molar-refractivity contribution < 1.29 is 9.53 Å². The van der Waals surface area contributed by atoms with Crippen LogP contribution in [0.2, 0.25) is 13.1 Å². The number of thiazole rings is 1. The van der Waals surface area contributed by atoms with Crippen LogP contribution < -0.4 is 4.43 Å². The number of para-hydroxylation sites is 1. The lowest BCUT2D eigenvalue weighted by Crippen LogP contribution is -2.27. The maximum Gasteiger partial charge on any atom is 0.229 e. The Kier molecular flexibility index (Phi) is 4.80. The summed E-state index contributed by atoms with van der Waals surface area (Å²) in [4.78, 5) is 4.30. The molecule has 1 atom stereocenters. The Morgan fingerprint density at radius 3 is 2.27 bits per heavy atom. The lowest BCUT2D eigenvalue weighted by atomic mass is 9.82. The van der Waals surface area contributed by atoms with Crippen molar-refractivity contribution in [1.82, 2.24) is 4.98 Å². The molecule has 1 N–H and O–H groups in total. The van der Waals surface area contributed by atoms with Crippen LogP contribution in [-0.4, -0.2) is 19.1 Å². The van der Waals surface area contributed by atoms with Gasteiger partial charge in [-0.05, 0) is 31.0 Å². The van der Waals surface area contributed by atoms with E-state index < -0.39 is 14.6 Å². The Hall–Kier alpha value is -1.17. The summed E-state index contributed by atoms with van der Waals surface area (Å²) < 4.78 is 6.24. The Labute approximate surface area is 138 Å². The van der Waals surface area contributed by atoms with E-state index in [1.165, 1.54) is 11.3 Å². The highest BCUT2D eigenvalue weighted by molar-refractivity contribution is 7.09. The van der Waals surface area contributed by atoms with Gasteiger partial charge in [-0.3, -0.25) is 0 Å². The second-order valence-corrected chi connectivity index (χ2v) is 10.2. The van der Waals surface area contributed by atoms with Gasteiger partial charge in [0.1, 0.15) is 16.4 Å². The summed E-state index contributed by atoms with van der Waals surface area (Å²) in [6.07, 6.45) is 1.72. The molecule has 0 amide bonds. The Morgan fingerprint density at radius 2 is 1.77 bits per heavy atom. The average Bonchev–Trinajstić information content (AvgIpc) is 2.91. The zero-order chi connectivity index (χ0) is 16.5. The molecule has 3 nitrogen and oxygen atoms in total. The number of benzene rings is 1. The molecule has 1 unspecified atom stereocenters. The molecule has 0 saturated carbocycles. The van der Waals surface area contributed by atoms with Gasteiger partial charge >= 0.3 is 0 Å². The number of aliphatic hydroxyl groups is 1. The van der Waals surface area contributed by atoms with Gasteiger partial charge in [-0.25, -0.2) is 4.98 Å². The molecule has 2 aromatic rings. The van der Waals surface area contributed by atoms with Gasteiger partial charge in [-0.2, -0.15) is 0 Å². The molecule has 0 spiro atoms. The Bertz CT molecular complexity index is 631. The lowest BCUT2D eigenvalue weighted by molar-refractivity contribution is 0.0996. The number of nitrogens with zero attached hydrogens (tertiary/aromatic N) is 1. The number of hydrogen-bond acceptors (Lipinski definition) is 4. The zero-order valence-corrected chi connectivity index (χ0v) is 16.1. The normalized spacial score (nSPS) is 14.9.